The maximum Gasteiger partial charge on any atom is 0.415 e. The molecule has 16 heavy (non-hydrogen) atoms. The van der Waals surface area contributed by atoms with Gasteiger partial charge in [0.1, 0.15) is 0 Å². The summed E-state index contributed by atoms with van der Waals surface area (Å²) < 4.78 is 4.43. The van der Waals surface area contributed by atoms with Gasteiger partial charge < -0.3 is 15.2 Å². The smallest absolute Gasteiger partial charge is 0.389 e. The second kappa shape index (κ2) is 5.04. The zero-order valence-corrected chi connectivity index (χ0v) is 9.71. The Hall–Kier alpha value is -1.47. The van der Waals surface area contributed by atoms with Gasteiger partial charge in [-0.15, -0.1) is 11.3 Å². The summed E-state index contributed by atoms with van der Waals surface area (Å²) >= 11 is 1.23. The number of alkyl carbamates (subject to hydrolysis) is 1. The summed E-state index contributed by atoms with van der Waals surface area (Å²) in [6, 6.07) is 0. The number of hydrogen-bond donors (Lipinski definition) is 2. The minimum absolute atomic E-state index is 0.00379. The Labute approximate surface area is 96.3 Å². The lowest BCUT2D eigenvalue weighted by Gasteiger charge is -2.16. The number of nitrogens with zero attached hydrogens (tertiary/aromatic N) is 1. The highest BCUT2D eigenvalue weighted by atomic mass is 32.1. The van der Waals surface area contributed by atoms with E-state index in [0.717, 1.165) is 0 Å². The highest BCUT2D eigenvalue weighted by Gasteiger charge is 2.18. The lowest BCUT2D eigenvalue weighted by molar-refractivity contribution is 0.0557. The molecule has 1 aromatic rings. The lowest BCUT2D eigenvalue weighted by Crippen LogP contribution is -2.39. The van der Waals surface area contributed by atoms with Crippen LogP contribution in [0.4, 0.5) is 4.79 Å². The molecule has 0 aliphatic rings. The first-order chi connectivity index (χ1) is 7.38. The summed E-state index contributed by atoms with van der Waals surface area (Å²) in [5, 5.41) is 13.1. The average Bonchev–Trinajstić information content (AvgIpc) is 2.66. The van der Waals surface area contributed by atoms with Gasteiger partial charge in [0.2, 0.25) is 0 Å². The Balaban J connectivity index is 2.38. The molecule has 0 unspecified atom stereocenters. The molecule has 0 saturated carbocycles. The van der Waals surface area contributed by atoms with Crippen molar-refractivity contribution in [2.45, 2.75) is 19.4 Å². The Kier molecular flexibility index (Phi) is 3.97. The number of aliphatic hydroxyl groups is 1. The van der Waals surface area contributed by atoms with Crippen LogP contribution in [0.2, 0.25) is 0 Å². The Morgan fingerprint density at radius 3 is 2.81 bits per heavy atom. The van der Waals surface area contributed by atoms with E-state index < -0.39 is 17.7 Å². The minimum atomic E-state index is -1.05. The maximum absolute atomic E-state index is 11.2. The van der Waals surface area contributed by atoms with Crippen LogP contribution in [0.25, 0.3) is 0 Å². The van der Waals surface area contributed by atoms with E-state index >= 15 is 0 Å². The van der Waals surface area contributed by atoms with E-state index in [0.29, 0.717) is 0 Å². The molecule has 1 rings (SSSR count). The van der Waals surface area contributed by atoms with Crippen molar-refractivity contribution in [1.82, 2.24) is 10.3 Å². The van der Waals surface area contributed by atoms with Crippen molar-refractivity contribution in [1.29, 1.82) is 0 Å². The van der Waals surface area contributed by atoms with Crippen LogP contribution in [0.15, 0.2) is 10.9 Å². The fourth-order valence-corrected chi connectivity index (χ4v) is 1.30. The van der Waals surface area contributed by atoms with Crippen LogP contribution < -0.4 is 5.32 Å². The fraction of sp³-hybridized carbons (Fsp3) is 0.444. The second-order valence-electron chi connectivity index (χ2n) is 3.72. The predicted octanol–water partition coefficient (Wildman–Crippen LogP) is 0.780. The van der Waals surface area contributed by atoms with Crippen LogP contribution >= 0.6 is 11.3 Å². The molecule has 1 aromatic heterocycles. The first-order valence-corrected chi connectivity index (χ1v) is 5.43. The third-order valence-electron chi connectivity index (χ3n) is 1.49. The van der Waals surface area contributed by atoms with E-state index in [9.17, 15) is 14.7 Å². The number of carbonyl (C=O) groups excluding carboxylic acids is 2. The molecule has 0 radical (unpaired) electrons. The molecule has 1 heterocycles. The molecule has 0 bridgehead atoms. The zero-order valence-electron chi connectivity index (χ0n) is 8.89. The van der Waals surface area contributed by atoms with Gasteiger partial charge in [-0.25, -0.2) is 14.6 Å². The van der Waals surface area contributed by atoms with Crippen LogP contribution in [-0.2, 0) is 4.74 Å². The number of nitrogens with one attached hydrogen (secondary N) is 1. The molecule has 2 N–H and O–H groups in total. The van der Waals surface area contributed by atoms with Gasteiger partial charge in [-0.1, -0.05) is 0 Å². The van der Waals surface area contributed by atoms with Crippen molar-refractivity contribution >= 4 is 23.4 Å². The minimum Gasteiger partial charge on any atom is -0.389 e. The van der Waals surface area contributed by atoms with Gasteiger partial charge in [-0.05, 0) is 13.8 Å². The molecular formula is C9H12N2O4S. The highest BCUT2D eigenvalue weighted by Crippen LogP contribution is 2.03. The number of amides is 1. The summed E-state index contributed by atoms with van der Waals surface area (Å²) in [7, 11) is 0. The first-order valence-electron chi connectivity index (χ1n) is 4.49. The fourth-order valence-electron chi connectivity index (χ4n) is 0.774. The van der Waals surface area contributed by atoms with Crippen LogP contribution in [-0.4, -0.2) is 34.3 Å². The zero-order chi connectivity index (χ0) is 12.2. The molecule has 0 aromatic carbocycles. The van der Waals surface area contributed by atoms with Crippen molar-refractivity contribution in [2.24, 2.45) is 0 Å². The van der Waals surface area contributed by atoms with Gasteiger partial charge in [0.15, 0.2) is 5.69 Å². The topological polar surface area (TPSA) is 88.5 Å². The quantitative estimate of drug-likeness (QED) is 0.606. The largest absolute Gasteiger partial charge is 0.415 e. The van der Waals surface area contributed by atoms with Crippen molar-refractivity contribution < 1.29 is 19.4 Å². The lowest BCUT2D eigenvalue weighted by atomic mass is 10.1. The van der Waals surface area contributed by atoms with Crippen molar-refractivity contribution in [3.05, 3.63) is 16.6 Å². The van der Waals surface area contributed by atoms with Gasteiger partial charge >= 0.3 is 12.1 Å². The molecule has 7 heteroatoms. The number of aromatic nitrogens is 1. The number of carbonyl (C=O) groups is 2. The third kappa shape index (κ3) is 4.37. The second-order valence-corrected chi connectivity index (χ2v) is 4.44. The summed E-state index contributed by atoms with van der Waals surface area (Å²) in [5.74, 6) is -0.811. The Morgan fingerprint density at radius 2 is 2.31 bits per heavy atom. The predicted molar refractivity (Wildman–Crippen MR) is 57.2 cm³/mol. The number of thiazole rings is 1. The molecule has 6 nitrogen and oxygen atoms in total. The highest BCUT2D eigenvalue weighted by molar-refractivity contribution is 7.07. The van der Waals surface area contributed by atoms with Crippen LogP contribution in [0.3, 0.4) is 0 Å². The normalized spacial score (nSPS) is 10.9. The molecule has 0 spiro atoms. The molecular weight excluding hydrogens is 232 g/mol. The summed E-state index contributed by atoms with van der Waals surface area (Å²) in [5.41, 5.74) is 0.497. The van der Waals surface area contributed by atoms with E-state index in [1.807, 2.05) is 0 Å². The van der Waals surface area contributed by atoms with E-state index in [1.54, 1.807) is 0 Å². The molecule has 0 saturated heterocycles. The van der Waals surface area contributed by atoms with Gasteiger partial charge in [0.05, 0.1) is 11.1 Å². The van der Waals surface area contributed by atoms with Crippen molar-refractivity contribution in [3.63, 3.8) is 0 Å². The van der Waals surface area contributed by atoms with E-state index in [2.05, 4.69) is 15.0 Å². The first kappa shape index (κ1) is 12.6. The summed E-state index contributed by atoms with van der Waals surface area (Å²) in [4.78, 5) is 26.0. The standard InChI is InChI=1S/C9H12N2O4S/c1-9(2,14)4-10-8(13)15-7(12)6-3-16-5-11-6/h3,5,14H,4H2,1-2H3,(H,10,13). The summed E-state index contributed by atoms with van der Waals surface area (Å²) in [6.45, 7) is 3.04. The van der Waals surface area contributed by atoms with Crippen LogP contribution in [0, 0.1) is 0 Å². The number of ether oxygens (including phenoxy) is 1. The molecule has 0 aliphatic heterocycles. The molecule has 1 amide bonds. The van der Waals surface area contributed by atoms with E-state index in [4.69, 9.17) is 0 Å². The third-order valence-corrected chi connectivity index (χ3v) is 2.08. The molecule has 88 valence electrons. The Bertz CT molecular complexity index is 369. The van der Waals surface area contributed by atoms with Crippen LogP contribution in [0.5, 0.6) is 0 Å². The van der Waals surface area contributed by atoms with Gasteiger partial charge in [-0.2, -0.15) is 0 Å². The number of esters is 1. The van der Waals surface area contributed by atoms with Gasteiger partial charge in [0, 0.05) is 11.9 Å². The van der Waals surface area contributed by atoms with Gasteiger partial charge in [-0.3, -0.25) is 0 Å². The van der Waals surface area contributed by atoms with Crippen LogP contribution in [0.1, 0.15) is 24.3 Å². The van der Waals surface area contributed by atoms with Crippen molar-refractivity contribution in [2.75, 3.05) is 6.54 Å². The number of hydrogen-bond acceptors (Lipinski definition) is 6. The Morgan fingerprint density at radius 1 is 1.62 bits per heavy atom. The molecule has 0 fully saturated rings. The SMILES string of the molecule is CC(C)(O)CNC(=O)OC(=O)c1cscn1. The number of rotatable bonds is 3. The van der Waals surface area contributed by atoms with E-state index in [-0.39, 0.29) is 12.2 Å². The van der Waals surface area contributed by atoms with Gasteiger partial charge in [0.25, 0.3) is 0 Å². The summed E-state index contributed by atoms with van der Waals surface area (Å²) in [6.07, 6.45) is -0.903. The molecule has 0 aliphatic carbocycles. The van der Waals surface area contributed by atoms with Crippen molar-refractivity contribution in [3.8, 4) is 0 Å². The molecule has 0 atom stereocenters. The maximum atomic E-state index is 11.2. The average molecular weight is 244 g/mol. The monoisotopic (exact) mass is 244 g/mol. The van der Waals surface area contributed by atoms with E-state index in [1.165, 1.54) is 36.1 Å².